The van der Waals surface area contributed by atoms with Crippen LogP contribution in [0.1, 0.15) is 16.9 Å². The second-order valence-corrected chi connectivity index (χ2v) is 7.61. The van der Waals surface area contributed by atoms with E-state index in [0.29, 0.717) is 28.8 Å². The number of aliphatic imine (C=N–C) groups is 2. The van der Waals surface area contributed by atoms with Gasteiger partial charge in [-0.2, -0.15) is 0 Å². The minimum absolute atomic E-state index is 0.279. The molecule has 1 N–H and O–H groups in total. The Morgan fingerprint density at radius 2 is 1.45 bits per heavy atom. The molecular weight excluding hydrogens is 412 g/mol. The topological polar surface area (TPSA) is 70.2 Å². The van der Waals surface area contributed by atoms with E-state index in [1.807, 2.05) is 83.8 Å². The lowest BCUT2D eigenvalue weighted by Crippen LogP contribution is -2.38. The third kappa shape index (κ3) is 3.34. The number of furan rings is 1. The van der Waals surface area contributed by atoms with E-state index < -0.39 is 0 Å². The number of rotatable bonds is 2. The molecule has 0 bridgehead atoms. The number of para-hydroxylation sites is 3. The Morgan fingerprint density at radius 3 is 2.21 bits per heavy atom. The van der Waals surface area contributed by atoms with Gasteiger partial charge in [0.15, 0.2) is 0 Å². The Morgan fingerprint density at radius 1 is 0.758 bits per heavy atom. The minimum Gasteiger partial charge on any atom is -0.465 e. The summed E-state index contributed by atoms with van der Waals surface area (Å²) in [5, 5.41) is 3.03. The van der Waals surface area contributed by atoms with E-state index in [4.69, 9.17) is 14.4 Å². The maximum atomic E-state index is 13.5. The normalized spacial score (nSPS) is 15.9. The average molecular weight is 430 g/mol. The van der Waals surface area contributed by atoms with Crippen molar-refractivity contribution in [2.75, 3.05) is 5.32 Å². The fourth-order valence-electron chi connectivity index (χ4n) is 3.98. The fourth-order valence-corrected chi connectivity index (χ4v) is 3.98. The summed E-state index contributed by atoms with van der Waals surface area (Å²) in [5.74, 6) is 1.48. The zero-order chi connectivity index (χ0) is 22.2. The van der Waals surface area contributed by atoms with Crippen molar-refractivity contribution in [3.05, 3.63) is 120 Å². The lowest BCUT2D eigenvalue weighted by atomic mass is 10.1. The molecule has 3 heterocycles. The predicted octanol–water partition coefficient (Wildman–Crippen LogP) is 5.75. The Bertz CT molecular complexity index is 1450. The molecule has 3 aromatic carbocycles. The van der Waals surface area contributed by atoms with Gasteiger partial charge in [-0.3, -0.25) is 9.69 Å². The van der Waals surface area contributed by atoms with Crippen molar-refractivity contribution in [2.45, 2.75) is 0 Å². The molecule has 0 unspecified atom stereocenters. The van der Waals surface area contributed by atoms with E-state index in [-0.39, 0.29) is 5.91 Å². The summed E-state index contributed by atoms with van der Waals surface area (Å²) in [5.41, 5.74) is 4.15. The monoisotopic (exact) mass is 430 g/mol. The smallest absolute Gasteiger partial charge is 0.272 e. The van der Waals surface area contributed by atoms with Gasteiger partial charge in [0.05, 0.1) is 23.3 Å². The van der Waals surface area contributed by atoms with Gasteiger partial charge in [0, 0.05) is 17.2 Å². The third-order valence-corrected chi connectivity index (χ3v) is 5.50. The molecule has 2 aliphatic rings. The van der Waals surface area contributed by atoms with Crippen LogP contribution in [0.15, 0.2) is 117 Å². The molecule has 0 saturated heterocycles. The van der Waals surface area contributed by atoms with E-state index in [1.54, 1.807) is 24.5 Å². The molecular formula is C27H18N4O2. The van der Waals surface area contributed by atoms with E-state index in [2.05, 4.69) is 5.32 Å². The molecule has 33 heavy (non-hydrogen) atoms. The summed E-state index contributed by atoms with van der Waals surface area (Å²) in [6, 6.07) is 28.8. The first kappa shape index (κ1) is 19.0. The summed E-state index contributed by atoms with van der Waals surface area (Å²) in [4.78, 5) is 25.4. The molecule has 158 valence electrons. The minimum atomic E-state index is -0.279. The summed E-state index contributed by atoms with van der Waals surface area (Å²) >= 11 is 0. The number of amides is 1. The maximum Gasteiger partial charge on any atom is 0.272 e. The fraction of sp³-hybridized carbons (Fsp3) is 0. The van der Waals surface area contributed by atoms with Crippen LogP contribution in [0.5, 0.6) is 0 Å². The van der Waals surface area contributed by atoms with Crippen molar-refractivity contribution in [3.8, 4) is 0 Å². The van der Waals surface area contributed by atoms with Gasteiger partial charge in [0.25, 0.3) is 5.91 Å². The number of carbonyl (C=O) groups excluding carboxylic acids is 1. The quantitative estimate of drug-likeness (QED) is 0.412. The number of benzene rings is 3. The first-order chi connectivity index (χ1) is 16.3. The highest BCUT2D eigenvalue weighted by Crippen LogP contribution is 2.37. The van der Waals surface area contributed by atoms with Crippen molar-refractivity contribution < 1.29 is 9.21 Å². The molecule has 0 fully saturated rings. The zero-order valence-corrected chi connectivity index (χ0v) is 17.5. The van der Waals surface area contributed by atoms with Crippen molar-refractivity contribution in [3.63, 3.8) is 0 Å². The molecule has 1 aromatic heterocycles. The molecule has 1 amide bonds. The van der Waals surface area contributed by atoms with Crippen LogP contribution in [-0.4, -0.2) is 22.5 Å². The van der Waals surface area contributed by atoms with Gasteiger partial charge in [-0.1, -0.05) is 54.6 Å². The van der Waals surface area contributed by atoms with Crippen molar-refractivity contribution >= 4 is 40.7 Å². The van der Waals surface area contributed by atoms with Crippen LogP contribution in [0.4, 0.5) is 17.1 Å². The van der Waals surface area contributed by atoms with Gasteiger partial charge in [0.1, 0.15) is 23.1 Å². The molecule has 0 aliphatic carbocycles. The second-order valence-electron chi connectivity index (χ2n) is 7.61. The van der Waals surface area contributed by atoms with Crippen LogP contribution in [-0.2, 0) is 4.79 Å². The molecule has 4 aromatic rings. The highest BCUT2D eigenvalue weighted by atomic mass is 16.3. The summed E-state index contributed by atoms with van der Waals surface area (Å²) in [7, 11) is 0. The molecule has 6 heteroatoms. The van der Waals surface area contributed by atoms with E-state index in [0.717, 1.165) is 22.5 Å². The van der Waals surface area contributed by atoms with Crippen LogP contribution in [0.2, 0.25) is 0 Å². The molecule has 2 aliphatic heterocycles. The first-order valence-corrected chi connectivity index (χ1v) is 10.6. The lowest BCUT2D eigenvalue weighted by molar-refractivity contribution is -0.113. The Balaban J connectivity index is 1.70. The summed E-state index contributed by atoms with van der Waals surface area (Å²) < 4.78 is 5.55. The first-order valence-electron chi connectivity index (χ1n) is 10.6. The van der Waals surface area contributed by atoms with Crippen LogP contribution in [0, 0.1) is 0 Å². The molecule has 6 nitrogen and oxygen atoms in total. The van der Waals surface area contributed by atoms with Crippen molar-refractivity contribution in [1.82, 2.24) is 4.90 Å². The van der Waals surface area contributed by atoms with Crippen LogP contribution < -0.4 is 5.32 Å². The number of hydrogen-bond acceptors (Lipinski definition) is 5. The third-order valence-electron chi connectivity index (χ3n) is 5.50. The van der Waals surface area contributed by atoms with E-state index >= 15 is 0 Å². The average Bonchev–Trinajstić information content (AvgIpc) is 3.26. The number of anilines is 1. The van der Waals surface area contributed by atoms with Crippen molar-refractivity contribution in [2.24, 2.45) is 9.98 Å². The van der Waals surface area contributed by atoms with Gasteiger partial charge in [-0.15, -0.1) is 0 Å². The van der Waals surface area contributed by atoms with Crippen LogP contribution in [0.3, 0.4) is 0 Å². The van der Waals surface area contributed by atoms with E-state index in [9.17, 15) is 4.79 Å². The van der Waals surface area contributed by atoms with Gasteiger partial charge < -0.3 is 9.73 Å². The number of nitrogens with zero attached hydrogens (tertiary/aromatic N) is 3. The van der Waals surface area contributed by atoms with E-state index in [1.165, 1.54) is 0 Å². The van der Waals surface area contributed by atoms with Gasteiger partial charge >= 0.3 is 0 Å². The molecule has 6 rings (SSSR count). The number of hydrogen-bond donors (Lipinski definition) is 1. The largest absolute Gasteiger partial charge is 0.465 e. The Kier molecular flexibility index (Phi) is 4.47. The van der Waals surface area contributed by atoms with Crippen LogP contribution in [0.25, 0.3) is 6.08 Å². The maximum absolute atomic E-state index is 13.5. The van der Waals surface area contributed by atoms with Gasteiger partial charge in [-0.05, 0) is 36.4 Å². The van der Waals surface area contributed by atoms with Crippen LogP contribution >= 0.6 is 0 Å². The SMILES string of the molecule is O=C1Nc2ccccc2C2=Nc3ccccc3N=C(c3ccccc3)N2/C1=C/c1ccco1. The van der Waals surface area contributed by atoms with Gasteiger partial charge in [-0.25, -0.2) is 9.98 Å². The highest BCUT2D eigenvalue weighted by Gasteiger charge is 2.35. The molecule has 0 saturated carbocycles. The number of carbonyl (C=O) groups is 1. The Labute approximate surface area is 190 Å². The lowest BCUT2D eigenvalue weighted by Gasteiger charge is -2.26. The summed E-state index contributed by atoms with van der Waals surface area (Å²) in [6.45, 7) is 0. The number of nitrogens with one attached hydrogen (secondary N) is 1. The summed E-state index contributed by atoms with van der Waals surface area (Å²) in [6.07, 6.45) is 3.29. The predicted molar refractivity (Wildman–Crippen MR) is 129 cm³/mol. The standard InChI is InChI=1S/C27H18N4O2/c32-27-24(17-19-11-8-16-33-19)31-25(18-9-2-1-3-10-18)28-22-14-6-7-15-23(22)29-26(31)20-12-4-5-13-21(20)30-27/h1-17H,(H,30,32)/b24-17+. The number of amidine groups is 2. The van der Waals surface area contributed by atoms with Gasteiger partial charge in [0.2, 0.25) is 0 Å². The molecule has 0 atom stereocenters. The molecule has 0 radical (unpaired) electrons. The zero-order valence-electron chi connectivity index (χ0n) is 17.5. The number of fused-ring (bicyclic) bond motifs is 4. The second kappa shape index (κ2) is 7.76. The highest BCUT2D eigenvalue weighted by molar-refractivity contribution is 6.27. The Hall–Kier alpha value is -4.71. The van der Waals surface area contributed by atoms with Crippen molar-refractivity contribution in [1.29, 1.82) is 0 Å². The molecule has 0 spiro atoms.